The average Bonchev–Trinajstić information content (AvgIpc) is 3.19. The van der Waals surface area contributed by atoms with E-state index in [9.17, 15) is 9.90 Å². The Bertz CT molecular complexity index is 1110. The Morgan fingerprint density at radius 2 is 1.57 bits per heavy atom. The third kappa shape index (κ3) is 3.93. The summed E-state index contributed by atoms with van der Waals surface area (Å²) in [4.78, 5) is 16.7. The predicted octanol–water partition coefficient (Wildman–Crippen LogP) is 6.09. The van der Waals surface area contributed by atoms with Gasteiger partial charge in [-0.05, 0) is 53.4 Å². The number of amidine groups is 1. The Labute approximate surface area is 185 Å². The molecule has 0 fully saturated rings. The first-order valence-corrected chi connectivity index (χ1v) is 10.4. The van der Waals surface area contributed by atoms with E-state index >= 15 is 0 Å². The molecule has 1 aliphatic heterocycles. The molecule has 152 valence electrons. The lowest BCUT2D eigenvalue weighted by atomic mass is 9.95. The fraction of sp³-hybridized carbons (Fsp3) is 0.167. The van der Waals surface area contributed by atoms with Gasteiger partial charge in [0.25, 0.3) is 0 Å². The van der Waals surface area contributed by atoms with E-state index in [4.69, 9.17) is 28.2 Å². The smallest absolute Gasteiger partial charge is 0.335 e. The lowest BCUT2D eigenvalue weighted by Gasteiger charge is -2.20. The third-order valence-corrected chi connectivity index (χ3v) is 5.84. The summed E-state index contributed by atoms with van der Waals surface area (Å²) in [5.74, 6) is -0.245. The average molecular weight is 439 g/mol. The highest BCUT2D eigenvalue weighted by molar-refractivity contribution is 6.30. The number of carboxylic acid groups (broad SMARTS) is 1. The van der Waals surface area contributed by atoms with Gasteiger partial charge in [-0.15, -0.1) is 0 Å². The molecule has 2 atom stereocenters. The zero-order valence-electron chi connectivity index (χ0n) is 16.3. The van der Waals surface area contributed by atoms with Gasteiger partial charge in [-0.25, -0.2) is 4.79 Å². The predicted molar refractivity (Wildman–Crippen MR) is 121 cm³/mol. The van der Waals surface area contributed by atoms with E-state index in [-0.39, 0.29) is 12.1 Å². The van der Waals surface area contributed by atoms with Gasteiger partial charge in [0.15, 0.2) is 0 Å². The van der Waals surface area contributed by atoms with Crippen LogP contribution in [0, 0.1) is 0 Å². The summed E-state index contributed by atoms with van der Waals surface area (Å²) in [6.45, 7) is 1.95. The van der Waals surface area contributed by atoms with Gasteiger partial charge in [0, 0.05) is 15.6 Å². The van der Waals surface area contributed by atoms with Crippen molar-refractivity contribution in [3.05, 3.63) is 105 Å². The summed E-state index contributed by atoms with van der Waals surface area (Å²) in [5, 5.41) is 14.5. The molecule has 0 bridgehead atoms. The van der Waals surface area contributed by atoms with Crippen LogP contribution in [-0.4, -0.2) is 16.9 Å². The molecule has 6 heteroatoms. The number of hydrogen-bond acceptors (Lipinski definition) is 3. The topological polar surface area (TPSA) is 61.7 Å². The van der Waals surface area contributed by atoms with Crippen LogP contribution >= 0.6 is 23.2 Å². The highest BCUT2D eigenvalue weighted by Crippen LogP contribution is 2.38. The second kappa shape index (κ2) is 8.50. The highest BCUT2D eigenvalue weighted by Gasteiger charge is 2.33. The fourth-order valence-corrected chi connectivity index (χ4v) is 4.13. The number of nitrogens with zero attached hydrogens (tertiary/aromatic N) is 1. The Hall–Kier alpha value is -2.82. The maximum atomic E-state index is 11.7. The number of aliphatic imine (C=N–C) groups is 1. The first kappa shape index (κ1) is 20.5. The molecule has 4 rings (SSSR count). The van der Waals surface area contributed by atoms with Crippen molar-refractivity contribution >= 4 is 35.0 Å². The van der Waals surface area contributed by atoms with Gasteiger partial charge in [0.2, 0.25) is 0 Å². The van der Waals surface area contributed by atoms with Crippen LogP contribution < -0.4 is 5.32 Å². The minimum absolute atomic E-state index is 0.114. The van der Waals surface area contributed by atoms with Crippen LogP contribution in [-0.2, 0) is 6.42 Å². The van der Waals surface area contributed by atoms with Crippen molar-refractivity contribution in [2.75, 3.05) is 0 Å². The van der Waals surface area contributed by atoms with E-state index < -0.39 is 5.97 Å². The van der Waals surface area contributed by atoms with Crippen molar-refractivity contribution in [1.29, 1.82) is 0 Å². The molecule has 0 aliphatic carbocycles. The van der Waals surface area contributed by atoms with Crippen LogP contribution in [0.4, 0.5) is 0 Å². The number of halogens is 2. The molecule has 3 aromatic rings. The fourth-order valence-electron chi connectivity index (χ4n) is 3.88. The van der Waals surface area contributed by atoms with Gasteiger partial charge >= 0.3 is 5.97 Å². The summed E-state index contributed by atoms with van der Waals surface area (Å²) in [6.07, 6.45) is 0.593. The van der Waals surface area contributed by atoms with Crippen molar-refractivity contribution in [3.63, 3.8) is 0 Å². The van der Waals surface area contributed by atoms with Crippen LogP contribution in [0.25, 0.3) is 0 Å². The van der Waals surface area contributed by atoms with E-state index in [1.54, 1.807) is 12.1 Å². The maximum Gasteiger partial charge on any atom is 0.335 e. The molecule has 0 radical (unpaired) electrons. The standard InChI is InChI=1S/C24H20Cl2N2O2/c1-2-18-19(4-3-5-20(18)24(29)30)23-27-21(14-6-10-16(25)11-7-14)22(28-23)15-8-12-17(26)13-9-15/h3-13,21-22H,2H2,1H3,(H,27,28)(H,29,30). The van der Waals surface area contributed by atoms with Gasteiger partial charge in [-0.2, -0.15) is 0 Å². The maximum absolute atomic E-state index is 11.7. The number of rotatable bonds is 5. The van der Waals surface area contributed by atoms with Crippen molar-refractivity contribution in [2.24, 2.45) is 4.99 Å². The number of carboxylic acids is 1. The van der Waals surface area contributed by atoms with Crippen molar-refractivity contribution < 1.29 is 9.90 Å². The number of hydrogen-bond donors (Lipinski definition) is 2. The van der Waals surface area contributed by atoms with Gasteiger partial charge < -0.3 is 10.4 Å². The highest BCUT2D eigenvalue weighted by atomic mass is 35.5. The second-order valence-electron chi connectivity index (χ2n) is 7.14. The molecule has 2 unspecified atom stereocenters. The molecule has 3 aromatic carbocycles. The first-order valence-electron chi connectivity index (χ1n) is 9.68. The quantitative estimate of drug-likeness (QED) is 0.506. The summed E-state index contributed by atoms with van der Waals surface area (Å²) in [6, 6.07) is 20.3. The Morgan fingerprint density at radius 1 is 0.967 bits per heavy atom. The Balaban J connectivity index is 1.81. The SMILES string of the molecule is CCc1c(C(=O)O)cccc1C1=NC(c2ccc(Cl)cc2)C(c2ccc(Cl)cc2)N1. The Morgan fingerprint density at radius 3 is 2.13 bits per heavy atom. The lowest BCUT2D eigenvalue weighted by Crippen LogP contribution is -2.26. The zero-order chi connectivity index (χ0) is 21.3. The molecule has 2 N–H and O–H groups in total. The first-order chi connectivity index (χ1) is 14.5. The van der Waals surface area contributed by atoms with Crippen molar-refractivity contribution in [1.82, 2.24) is 5.32 Å². The Kier molecular flexibility index (Phi) is 5.80. The molecule has 1 heterocycles. The van der Waals surface area contributed by atoms with E-state index in [0.29, 0.717) is 27.9 Å². The number of benzene rings is 3. The monoisotopic (exact) mass is 438 g/mol. The number of nitrogens with one attached hydrogen (secondary N) is 1. The number of carbonyl (C=O) groups is 1. The van der Waals surface area contributed by atoms with Gasteiger partial charge in [-0.1, -0.05) is 66.5 Å². The molecule has 1 aliphatic rings. The van der Waals surface area contributed by atoms with Crippen molar-refractivity contribution in [3.8, 4) is 0 Å². The second-order valence-corrected chi connectivity index (χ2v) is 8.01. The summed E-state index contributed by atoms with van der Waals surface area (Å²) in [5.41, 5.74) is 3.95. The third-order valence-electron chi connectivity index (χ3n) is 5.33. The van der Waals surface area contributed by atoms with Crippen LogP contribution in [0.15, 0.2) is 71.7 Å². The summed E-state index contributed by atoms with van der Waals surface area (Å²) in [7, 11) is 0. The molecule has 0 saturated carbocycles. The molecular formula is C24H20Cl2N2O2. The van der Waals surface area contributed by atoms with Crippen molar-refractivity contribution in [2.45, 2.75) is 25.4 Å². The minimum Gasteiger partial charge on any atom is -0.478 e. The van der Waals surface area contributed by atoms with Crippen LogP contribution in [0.1, 0.15) is 51.6 Å². The molecule has 30 heavy (non-hydrogen) atoms. The molecule has 0 amide bonds. The van der Waals surface area contributed by atoms with E-state index in [1.165, 1.54) is 0 Å². The van der Waals surface area contributed by atoms with Crippen LogP contribution in [0.5, 0.6) is 0 Å². The molecule has 0 saturated heterocycles. The molecule has 0 spiro atoms. The molecular weight excluding hydrogens is 419 g/mol. The van der Waals surface area contributed by atoms with Gasteiger partial charge in [-0.3, -0.25) is 4.99 Å². The summed E-state index contributed by atoms with van der Waals surface area (Å²) < 4.78 is 0. The summed E-state index contributed by atoms with van der Waals surface area (Å²) >= 11 is 12.2. The minimum atomic E-state index is -0.934. The van der Waals surface area contributed by atoms with Crippen LogP contribution in [0.2, 0.25) is 10.0 Å². The molecule has 4 nitrogen and oxygen atoms in total. The largest absolute Gasteiger partial charge is 0.478 e. The van der Waals surface area contributed by atoms with E-state index in [0.717, 1.165) is 22.3 Å². The number of aromatic carboxylic acids is 1. The zero-order valence-corrected chi connectivity index (χ0v) is 17.8. The van der Waals surface area contributed by atoms with E-state index in [1.807, 2.05) is 61.5 Å². The molecule has 0 aromatic heterocycles. The van der Waals surface area contributed by atoms with Crippen LogP contribution in [0.3, 0.4) is 0 Å². The normalized spacial score (nSPS) is 18.0. The van der Waals surface area contributed by atoms with Gasteiger partial charge in [0.1, 0.15) is 11.9 Å². The lowest BCUT2D eigenvalue weighted by molar-refractivity contribution is 0.0695. The van der Waals surface area contributed by atoms with E-state index in [2.05, 4.69) is 5.32 Å². The van der Waals surface area contributed by atoms with Gasteiger partial charge in [0.05, 0.1) is 11.6 Å².